The Hall–Kier alpha value is -3.11. The van der Waals surface area contributed by atoms with Gasteiger partial charge in [0.15, 0.2) is 0 Å². The lowest BCUT2D eigenvalue weighted by atomic mass is 9.97. The Morgan fingerprint density at radius 3 is 2.33 bits per heavy atom. The van der Waals surface area contributed by atoms with Gasteiger partial charge in [-0.2, -0.15) is 0 Å². The Bertz CT molecular complexity index is 1340. The lowest BCUT2D eigenvalue weighted by Crippen LogP contribution is -2.60. The molecule has 14 heteroatoms. The topological polar surface area (TPSA) is 199 Å². The van der Waals surface area contributed by atoms with Gasteiger partial charge in [-0.25, -0.2) is 0 Å². The number of piperazine rings is 1. The highest BCUT2D eigenvalue weighted by atomic mass is 16.7. The fraction of sp³-hybridized carbons (Fsp3) is 0.676. The van der Waals surface area contributed by atoms with Crippen LogP contribution in [0, 0.1) is 0 Å². The zero-order valence-electron chi connectivity index (χ0n) is 28.5. The molecule has 0 aliphatic carbocycles. The molecular weight excluding hydrogens is 622 g/mol. The van der Waals surface area contributed by atoms with E-state index in [9.17, 15) is 35.1 Å². The number of rotatable bonds is 15. The van der Waals surface area contributed by atoms with E-state index in [1.807, 2.05) is 38.1 Å². The molecule has 0 saturated carbocycles. The van der Waals surface area contributed by atoms with Crippen LogP contribution in [0.25, 0.3) is 0 Å². The predicted molar refractivity (Wildman–Crippen MR) is 176 cm³/mol. The maximum absolute atomic E-state index is 12.9. The fourth-order valence-corrected chi connectivity index (χ4v) is 6.27. The highest BCUT2D eigenvalue weighted by Gasteiger charge is 2.45. The number of hydrogen-bond donors (Lipinski definition) is 7. The molecule has 14 nitrogen and oxygen atoms in total. The summed E-state index contributed by atoms with van der Waals surface area (Å²) in [5.41, 5.74) is 2.69. The first kappa shape index (κ1) is 37.7. The average Bonchev–Trinajstić information content (AvgIpc) is 3.40. The van der Waals surface area contributed by atoms with E-state index in [1.54, 1.807) is 23.4 Å². The number of nitrogens with zero attached hydrogens (tertiary/aromatic N) is 3. The molecule has 0 radical (unpaired) electrons. The van der Waals surface area contributed by atoms with Crippen molar-refractivity contribution in [1.82, 2.24) is 25.3 Å². The normalized spacial score (nSPS) is 23.4. The molecule has 268 valence electrons. The van der Waals surface area contributed by atoms with Crippen LogP contribution in [0.4, 0.5) is 0 Å². The number of aromatic nitrogens is 2. The molecule has 7 N–H and O–H groups in total. The van der Waals surface area contributed by atoms with Gasteiger partial charge in [-0.3, -0.25) is 14.3 Å². The van der Waals surface area contributed by atoms with E-state index in [2.05, 4.69) is 15.7 Å². The lowest BCUT2D eigenvalue weighted by Gasteiger charge is -2.39. The van der Waals surface area contributed by atoms with Crippen LogP contribution in [0.3, 0.4) is 0 Å². The number of amides is 2. The highest BCUT2D eigenvalue weighted by molar-refractivity contribution is 5.90. The second kappa shape index (κ2) is 17.0. The first-order chi connectivity index (χ1) is 22.9. The summed E-state index contributed by atoms with van der Waals surface area (Å²) < 4.78 is 13.4. The Kier molecular flexibility index (Phi) is 13.4. The van der Waals surface area contributed by atoms with E-state index in [4.69, 9.17) is 9.47 Å². The van der Waals surface area contributed by atoms with Crippen molar-refractivity contribution in [2.75, 3.05) is 39.4 Å². The number of hydrogen-bond acceptors (Lipinski definition) is 11. The van der Waals surface area contributed by atoms with Crippen molar-refractivity contribution in [2.45, 2.75) is 109 Å². The molecule has 1 aromatic heterocycles. The standard InChI is InChI=1S/C34H53N5O9/c1-21(2)27-24(31(37-39(27)15-6-18-40)48-32-30(45)29(44)28(43)25(20-41)47-32)19-23-11-9-22(10-12-23)7-5-8-26(42)36-34(3,4)33(46)38-16-13-35-14-17-38/h9-12,21,25,28-30,32,35,40-41,43-45H,5-8,13-20H2,1-4H3,(H,36,42)/t25-,28+,29+,30-,32+/m1/s1. The van der Waals surface area contributed by atoms with Crippen molar-refractivity contribution in [3.8, 4) is 5.88 Å². The average molecular weight is 676 g/mol. The summed E-state index contributed by atoms with van der Waals surface area (Å²) in [5, 5.41) is 61.0. The fourth-order valence-electron chi connectivity index (χ4n) is 6.27. The van der Waals surface area contributed by atoms with E-state index in [1.165, 1.54) is 0 Å². The van der Waals surface area contributed by atoms with Gasteiger partial charge in [0, 0.05) is 63.4 Å². The molecule has 48 heavy (non-hydrogen) atoms. The molecule has 2 aliphatic heterocycles. The minimum Gasteiger partial charge on any atom is -0.443 e. The first-order valence-electron chi connectivity index (χ1n) is 16.9. The van der Waals surface area contributed by atoms with Crippen LogP contribution in [0.15, 0.2) is 24.3 Å². The van der Waals surface area contributed by atoms with Gasteiger partial charge < -0.3 is 50.5 Å². The number of ether oxygens (including phenoxy) is 2. The summed E-state index contributed by atoms with van der Waals surface area (Å²) in [4.78, 5) is 27.4. The van der Waals surface area contributed by atoms with Crippen molar-refractivity contribution < 1.29 is 44.6 Å². The summed E-state index contributed by atoms with van der Waals surface area (Å²) in [7, 11) is 0. The molecule has 2 aliphatic rings. The first-order valence-corrected chi connectivity index (χ1v) is 16.9. The maximum Gasteiger partial charge on any atom is 0.247 e. The van der Waals surface area contributed by atoms with Crippen molar-refractivity contribution in [2.24, 2.45) is 0 Å². The third kappa shape index (κ3) is 9.31. The minimum atomic E-state index is -1.59. The third-order valence-corrected chi connectivity index (χ3v) is 8.87. The molecule has 3 heterocycles. The third-order valence-electron chi connectivity index (χ3n) is 8.87. The van der Waals surface area contributed by atoms with Gasteiger partial charge in [0.05, 0.1) is 6.61 Å². The van der Waals surface area contributed by atoms with E-state index in [0.717, 1.165) is 35.5 Å². The van der Waals surface area contributed by atoms with Gasteiger partial charge >= 0.3 is 0 Å². The second-order valence-corrected chi connectivity index (χ2v) is 13.5. The van der Waals surface area contributed by atoms with Crippen LogP contribution >= 0.6 is 0 Å². The van der Waals surface area contributed by atoms with Crippen molar-refractivity contribution in [3.63, 3.8) is 0 Å². The molecule has 2 saturated heterocycles. The van der Waals surface area contributed by atoms with Crippen molar-refractivity contribution in [1.29, 1.82) is 0 Å². The number of nitrogens with one attached hydrogen (secondary N) is 2. The van der Waals surface area contributed by atoms with Gasteiger partial charge in [0.25, 0.3) is 0 Å². The van der Waals surface area contributed by atoms with E-state index in [-0.39, 0.29) is 30.2 Å². The van der Waals surface area contributed by atoms with E-state index in [0.29, 0.717) is 51.7 Å². The zero-order chi connectivity index (χ0) is 35.0. The Labute approximate surface area is 282 Å². The highest BCUT2D eigenvalue weighted by Crippen LogP contribution is 2.33. The lowest BCUT2D eigenvalue weighted by molar-refractivity contribution is -0.278. The van der Waals surface area contributed by atoms with Crippen molar-refractivity contribution in [3.05, 3.63) is 46.6 Å². The minimum absolute atomic E-state index is 0.0227. The molecule has 2 amide bonds. The summed E-state index contributed by atoms with van der Waals surface area (Å²) in [6, 6.07) is 8.01. The van der Waals surface area contributed by atoms with Gasteiger partial charge in [0.2, 0.25) is 24.0 Å². The summed E-state index contributed by atoms with van der Waals surface area (Å²) in [6.45, 7) is 10.1. The number of benzene rings is 1. The SMILES string of the molecule is CC(C)c1c(Cc2ccc(CCCC(=O)NC(C)(C)C(=O)N3CCNCC3)cc2)c(O[C@@H]2O[C@H](CO)[C@H](O)[C@H](O)[C@H]2O)nn1CCCO. The molecule has 0 unspecified atom stereocenters. The molecule has 4 rings (SSSR count). The number of aryl methyl sites for hydroxylation is 2. The second-order valence-electron chi connectivity index (χ2n) is 13.5. The molecule has 1 aromatic carbocycles. The van der Waals surface area contributed by atoms with Crippen LogP contribution < -0.4 is 15.4 Å². The Balaban J connectivity index is 1.41. The molecule has 2 fully saturated rings. The van der Waals surface area contributed by atoms with Crippen LogP contribution in [-0.4, -0.2) is 128 Å². The summed E-state index contributed by atoms with van der Waals surface area (Å²) >= 11 is 0. The van der Waals surface area contributed by atoms with Gasteiger partial charge in [-0.05, 0) is 50.2 Å². The van der Waals surface area contributed by atoms with Gasteiger partial charge in [-0.15, -0.1) is 5.10 Å². The predicted octanol–water partition coefficient (Wildman–Crippen LogP) is -0.192. The number of carbonyl (C=O) groups excluding carboxylic acids is 2. The zero-order valence-corrected chi connectivity index (χ0v) is 28.5. The number of aliphatic hydroxyl groups excluding tert-OH is 5. The van der Waals surface area contributed by atoms with Gasteiger partial charge in [-0.1, -0.05) is 38.1 Å². The number of carbonyl (C=O) groups is 2. The smallest absolute Gasteiger partial charge is 0.247 e. The van der Waals surface area contributed by atoms with E-state index < -0.39 is 42.9 Å². The maximum atomic E-state index is 12.9. The molecule has 5 atom stereocenters. The Morgan fingerprint density at radius 2 is 1.71 bits per heavy atom. The van der Waals surface area contributed by atoms with Gasteiger partial charge in [0.1, 0.15) is 30.0 Å². The van der Waals surface area contributed by atoms with Crippen molar-refractivity contribution >= 4 is 11.8 Å². The number of aliphatic hydroxyl groups is 5. The molecule has 2 aromatic rings. The Morgan fingerprint density at radius 1 is 1.04 bits per heavy atom. The molecular formula is C34H53N5O9. The summed E-state index contributed by atoms with van der Waals surface area (Å²) in [6.07, 6.45) is -4.69. The molecule has 0 bridgehead atoms. The van der Waals surface area contributed by atoms with Crippen LogP contribution in [0.5, 0.6) is 5.88 Å². The monoisotopic (exact) mass is 675 g/mol. The van der Waals surface area contributed by atoms with Crippen LogP contribution in [0.1, 0.15) is 75.3 Å². The van der Waals surface area contributed by atoms with E-state index >= 15 is 0 Å². The molecule has 0 spiro atoms. The summed E-state index contributed by atoms with van der Waals surface area (Å²) in [5.74, 6) is -0.0176. The quantitative estimate of drug-likeness (QED) is 0.132. The van der Waals surface area contributed by atoms with Crippen LogP contribution in [0.2, 0.25) is 0 Å². The van der Waals surface area contributed by atoms with Crippen LogP contribution in [-0.2, 0) is 33.7 Å². The largest absolute Gasteiger partial charge is 0.443 e.